The van der Waals surface area contributed by atoms with E-state index in [0.29, 0.717) is 5.75 Å². The highest BCUT2D eigenvalue weighted by Gasteiger charge is 2.10. The summed E-state index contributed by atoms with van der Waals surface area (Å²) in [6.45, 7) is 4.59. The van der Waals surface area contributed by atoms with Crippen LogP contribution < -0.4 is 0 Å². The molecule has 4 nitrogen and oxygen atoms in total. The molecule has 0 aliphatic carbocycles. The van der Waals surface area contributed by atoms with Gasteiger partial charge in [0.05, 0.1) is 0 Å². The van der Waals surface area contributed by atoms with E-state index in [1.807, 2.05) is 6.92 Å². The van der Waals surface area contributed by atoms with Gasteiger partial charge in [-0.3, -0.25) is 4.79 Å². The third-order valence-electron chi connectivity index (χ3n) is 0.856. The topological polar surface area (TPSA) is 52.6 Å². The molecule has 70 valence electrons. The van der Waals surface area contributed by atoms with E-state index in [9.17, 15) is 9.59 Å². The van der Waals surface area contributed by atoms with Crippen molar-refractivity contribution in [1.29, 1.82) is 0 Å². The van der Waals surface area contributed by atoms with E-state index in [4.69, 9.17) is 0 Å². The fraction of sp³-hybridized carbons (Fsp3) is 0.714. The molecule has 0 aliphatic rings. The molecule has 0 aromatic carbocycles. The van der Waals surface area contributed by atoms with Gasteiger partial charge >= 0.3 is 11.3 Å². The van der Waals surface area contributed by atoms with Crippen LogP contribution in [0.5, 0.6) is 0 Å². The standard InChI is InChI=1S/C7H12O4S/c1-4-12-7(9)11-6(3)10-5(2)8/h6H,4H2,1-3H3. The molecular weight excluding hydrogens is 180 g/mol. The number of hydrogen-bond donors (Lipinski definition) is 0. The maximum Gasteiger partial charge on any atom is 0.370 e. The van der Waals surface area contributed by atoms with E-state index in [2.05, 4.69) is 9.47 Å². The van der Waals surface area contributed by atoms with E-state index < -0.39 is 17.6 Å². The Morgan fingerprint density at radius 1 is 1.42 bits per heavy atom. The Hall–Kier alpha value is -0.710. The van der Waals surface area contributed by atoms with Crippen LogP contribution in [0.3, 0.4) is 0 Å². The number of carbonyl (C=O) groups excluding carboxylic acids is 2. The summed E-state index contributed by atoms with van der Waals surface area (Å²) in [6, 6.07) is 0. The second kappa shape index (κ2) is 5.88. The minimum atomic E-state index is -0.797. The van der Waals surface area contributed by atoms with Gasteiger partial charge in [-0.1, -0.05) is 6.92 Å². The molecule has 5 heteroatoms. The maximum atomic E-state index is 10.8. The van der Waals surface area contributed by atoms with Crippen molar-refractivity contribution in [2.45, 2.75) is 27.1 Å². The van der Waals surface area contributed by atoms with Crippen molar-refractivity contribution in [1.82, 2.24) is 0 Å². The molecule has 1 atom stereocenters. The zero-order valence-corrected chi connectivity index (χ0v) is 8.14. The van der Waals surface area contributed by atoms with Crippen LogP contribution in [0.2, 0.25) is 0 Å². The Labute approximate surface area is 75.6 Å². The van der Waals surface area contributed by atoms with E-state index in [1.54, 1.807) is 0 Å². The predicted molar refractivity (Wildman–Crippen MR) is 45.8 cm³/mol. The van der Waals surface area contributed by atoms with Crippen molar-refractivity contribution in [3.05, 3.63) is 0 Å². The smallest absolute Gasteiger partial charge is 0.370 e. The Morgan fingerprint density at radius 2 is 2.00 bits per heavy atom. The fourth-order valence-electron chi connectivity index (χ4n) is 0.545. The summed E-state index contributed by atoms with van der Waals surface area (Å²) in [4.78, 5) is 21.2. The molecule has 12 heavy (non-hydrogen) atoms. The summed E-state index contributed by atoms with van der Waals surface area (Å²) in [7, 11) is 0. The molecule has 0 N–H and O–H groups in total. The molecule has 0 aromatic rings. The Balaban J connectivity index is 3.61. The van der Waals surface area contributed by atoms with Crippen molar-refractivity contribution in [3.8, 4) is 0 Å². The minimum absolute atomic E-state index is 0.425. The molecule has 0 fully saturated rings. The number of rotatable bonds is 3. The normalized spacial score (nSPS) is 11.9. The van der Waals surface area contributed by atoms with Crippen LogP contribution in [-0.4, -0.2) is 23.3 Å². The summed E-state index contributed by atoms with van der Waals surface area (Å²) >= 11 is 1.03. The number of carbonyl (C=O) groups is 2. The Kier molecular flexibility index (Phi) is 5.53. The maximum absolute atomic E-state index is 10.8. The van der Waals surface area contributed by atoms with Crippen LogP contribution >= 0.6 is 11.8 Å². The van der Waals surface area contributed by atoms with Crippen molar-refractivity contribution < 1.29 is 19.1 Å². The highest BCUT2D eigenvalue weighted by molar-refractivity contribution is 8.13. The first-order valence-corrected chi connectivity index (χ1v) is 4.55. The van der Waals surface area contributed by atoms with Gasteiger partial charge in [-0.05, 0) is 11.8 Å². The second-order valence-corrected chi connectivity index (χ2v) is 3.18. The summed E-state index contributed by atoms with van der Waals surface area (Å²) in [5.41, 5.74) is 0. The molecule has 0 spiro atoms. The molecule has 0 saturated heterocycles. The van der Waals surface area contributed by atoms with Gasteiger partial charge in [0, 0.05) is 19.6 Å². The SMILES string of the molecule is CCSC(=O)OC(C)OC(C)=O. The quantitative estimate of drug-likeness (QED) is 0.504. The average molecular weight is 192 g/mol. The first-order valence-electron chi connectivity index (χ1n) is 3.57. The predicted octanol–water partition coefficient (Wildman–Crippen LogP) is 1.79. The monoisotopic (exact) mass is 192 g/mol. The zero-order valence-electron chi connectivity index (χ0n) is 7.33. The van der Waals surface area contributed by atoms with E-state index in [1.165, 1.54) is 13.8 Å². The van der Waals surface area contributed by atoms with Crippen molar-refractivity contribution in [3.63, 3.8) is 0 Å². The molecule has 0 amide bonds. The van der Waals surface area contributed by atoms with Gasteiger partial charge in [-0.15, -0.1) is 0 Å². The second-order valence-electron chi connectivity index (χ2n) is 1.98. The van der Waals surface area contributed by atoms with Crippen LogP contribution in [-0.2, 0) is 14.3 Å². The first kappa shape index (κ1) is 11.3. The summed E-state index contributed by atoms with van der Waals surface area (Å²) in [5.74, 6) is 0.183. The molecule has 0 heterocycles. The van der Waals surface area contributed by atoms with Crippen molar-refractivity contribution in [2.24, 2.45) is 0 Å². The van der Waals surface area contributed by atoms with Gasteiger partial charge in [0.15, 0.2) is 0 Å². The summed E-state index contributed by atoms with van der Waals surface area (Å²) in [5, 5.41) is -0.425. The molecule has 0 rings (SSSR count). The minimum Gasteiger partial charge on any atom is -0.426 e. The number of ether oxygens (including phenoxy) is 2. The van der Waals surface area contributed by atoms with Crippen LogP contribution in [0, 0.1) is 0 Å². The molecule has 0 aromatic heterocycles. The third-order valence-corrected chi connectivity index (χ3v) is 1.48. The van der Waals surface area contributed by atoms with Gasteiger partial charge in [0.2, 0.25) is 6.29 Å². The molecule has 0 radical (unpaired) electrons. The lowest BCUT2D eigenvalue weighted by atomic mass is 10.7. The molecule has 0 saturated carbocycles. The summed E-state index contributed by atoms with van der Waals surface area (Å²) < 4.78 is 9.25. The average Bonchev–Trinajstić information content (AvgIpc) is 1.84. The van der Waals surface area contributed by atoms with Crippen LogP contribution in [0.15, 0.2) is 0 Å². The summed E-state index contributed by atoms with van der Waals surface area (Å²) in [6.07, 6.45) is -0.797. The van der Waals surface area contributed by atoms with Crippen molar-refractivity contribution in [2.75, 3.05) is 5.75 Å². The van der Waals surface area contributed by atoms with Crippen LogP contribution in [0.25, 0.3) is 0 Å². The van der Waals surface area contributed by atoms with Gasteiger partial charge in [-0.2, -0.15) is 0 Å². The lowest BCUT2D eigenvalue weighted by Crippen LogP contribution is -2.18. The Morgan fingerprint density at radius 3 is 2.42 bits per heavy atom. The molecule has 1 unspecified atom stereocenters. The number of thioether (sulfide) groups is 1. The lowest BCUT2D eigenvalue weighted by molar-refractivity contribution is -0.160. The highest BCUT2D eigenvalue weighted by atomic mass is 32.2. The van der Waals surface area contributed by atoms with E-state index in [-0.39, 0.29) is 0 Å². The number of hydrogen-bond acceptors (Lipinski definition) is 5. The van der Waals surface area contributed by atoms with Crippen LogP contribution in [0.4, 0.5) is 4.79 Å². The van der Waals surface area contributed by atoms with Crippen LogP contribution in [0.1, 0.15) is 20.8 Å². The Bertz CT molecular complexity index is 169. The third kappa shape index (κ3) is 6.03. The fourth-order valence-corrected chi connectivity index (χ4v) is 0.984. The van der Waals surface area contributed by atoms with Gasteiger partial charge in [0.25, 0.3) is 0 Å². The van der Waals surface area contributed by atoms with Crippen molar-refractivity contribution >= 4 is 23.0 Å². The largest absolute Gasteiger partial charge is 0.426 e. The van der Waals surface area contributed by atoms with Gasteiger partial charge in [-0.25, -0.2) is 4.79 Å². The van der Waals surface area contributed by atoms with Gasteiger partial charge in [0.1, 0.15) is 0 Å². The van der Waals surface area contributed by atoms with E-state index in [0.717, 1.165) is 11.8 Å². The highest BCUT2D eigenvalue weighted by Crippen LogP contribution is 2.07. The van der Waals surface area contributed by atoms with Gasteiger partial charge < -0.3 is 9.47 Å². The number of esters is 1. The zero-order chi connectivity index (χ0) is 9.56. The molecular formula is C7H12O4S. The van der Waals surface area contributed by atoms with E-state index >= 15 is 0 Å². The lowest BCUT2D eigenvalue weighted by Gasteiger charge is -2.11. The first-order chi connectivity index (χ1) is 5.56. The molecule has 0 bridgehead atoms. The molecule has 0 aliphatic heterocycles.